The number of urea groups is 1. The zero-order valence-corrected chi connectivity index (χ0v) is 16.3. The number of anilines is 2. The third-order valence-corrected chi connectivity index (χ3v) is 5.94. The summed E-state index contributed by atoms with van der Waals surface area (Å²) in [4.78, 5) is 22.6. The summed E-state index contributed by atoms with van der Waals surface area (Å²) in [6.45, 7) is 2.29. The van der Waals surface area contributed by atoms with E-state index in [2.05, 4.69) is 9.88 Å². The van der Waals surface area contributed by atoms with Gasteiger partial charge in [-0.05, 0) is 24.3 Å². The summed E-state index contributed by atoms with van der Waals surface area (Å²) in [5, 5.41) is 0.475. The molecule has 9 heteroatoms. The van der Waals surface area contributed by atoms with Crippen LogP contribution in [0.4, 0.5) is 25.1 Å². The number of benzene rings is 1. The van der Waals surface area contributed by atoms with E-state index < -0.39 is 12.8 Å². The first-order chi connectivity index (χ1) is 14.0. The number of ether oxygens (including phenoxy) is 1. The van der Waals surface area contributed by atoms with Crippen molar-refractivity contribution in [3.05, 3.63) is 47.4 Å². The predicted molar refractivity (Wildman–Crippen MR) is 105 cm³/mol. The van der Waals surface area contributed by atoms with E-state index in [1.54, 1.807) is 34.1 Å². The summed E-state index contributed by atoms with van der Waals surface area (Å²) in [6, 6.07) is 7.93. The van der Waals surface area contributed by atoms with Crippen LogP contribution in [-0.4, -0.2) is 61.4 Å². The highest BCUT2D eigenvalue weighted by Crippen LogP contribution is 2.43. The first-order valence-corrected chi connectivity index (χ1v) is 9.79. The Morgan fingerprint density at radius 3 is 2.72 bits per heavy atom. The average molecular weight is 421 g/mol. The maximum atomic E-state index is 13.3. The third kappa shape index (κ3) is 3.15. The van der Waals surface area contributed by atoms with Gasteiger partial charge in [-0.2, -0.15) is 0 Å². The molecule has 1 spiro atoms. The Hall–Kier alpha value is -2.61. The monoisotopic (exact) mass is 420 g/mol. The number of aromatic nitrogens is 1. The molecule has 0 bridgehead atoms. The van der Waals surface area contributed by atoms with Crippen molar-refractivity contribution in [1.29, 1.82) is 0 Å². The number of alkyl halides is 1. The largest absolute Gasteiger partial charge is 0.484 e. The lowest BCUT2D eigenvalue weighted by Crippen LogP contribution is -2.74. The van der Waals surface area contributed by atoms with Crippen molar-refractivity contribution in [3.8, 4) is 5.75 Å². The Kier molecular flexibility index (Phi) is 4.27. The van der Waals surface area contributed by atoms with E-state index in [0.717, 1.165) is 18.9 Å². The lowest BCUT2D eigenvalue weighted by molar-refractivity contribution is 0.00858. The summed E-state index contributed by atoms with van der Waals surface area (Å²) in [6.07, 6.45) is 0.504. The second kappa shape index (κ2) is 6.73. The standard InChI is InChI=1S/C20H19ClF2N4O2/c21-13-1-3-16-17(5-13)29-15(6-22)8-27(16)19(28)26-11-20(12-26)9-25(10-20)18-4-2-14(23)7-24-18/h1-5,7,15H,6,8-12H2. The number of amides is 2. The van der Waals surface area contributed by atoms with Crippen molar-refractivity contribution >= 4 is 29.1 Å². The lowest BCUT2D eigenvalue weighted by atomic mass is 9.73. The fraction of sp³-hybridized carbons (Fsp3) is 0.400. The minimum Gasteiger partial charge on any atom is -0.484 e. The number of nitrogens with zero attached hydrogens (tertiary/aromatic N) is 4. The van der Waals surface area contributed by atoms with E-state index in [0.29, 0.717) is 29.5 Å². The maximum absolute atomic E-state index is 13.3. The molecule has 6 nitrogen and oxygen atoms in total. The molecule has 2 amide bonds. The molecule has 3 aliphatic rings. The molecule has 3 aliphatic heterocycles. The normalized spacial score (nSPS) is 21.9. The molecular formula is C20H19ClF2N4O2. The smallest absolute Gasteiger partial charge is 0.324 e. The molecule has 5 rings (SSSR count). The number of fused-ring (bicyclic) bond motifs is 1. The van der Waals surface area contributed by atoms with E-state index in [9.17, 15) is 13.6 Å². The van der Waals surface area contributed by atoms with Crippen molar-refractivity contribution in [1.82, 2.24) is 9.88 Å². The number of halogens is 3. The number of hydrogen-bond donors (Lipinski definition) is 0. The maximum Gasteiger partial charge on any atom is 0.324 e. The van der Waals surface area contributed by atoms with Gasteiger partial charge in [-0.25, -0.2) is 18.6 Å². The van der Waals surface area contributed by atoms with E-state index in [1.807, 2.05) is 0 Å². The molecule has 0 N–H and O–H groups in total. The fourth-order valence-electron chi connectivity index (χ4n) is 4.34. The molecular weight excluding hydrogens is 402 g/mol. The van der Waals surface area contributed by atoms with Crippen LogP contribution in [0.2, 0.25) is 5.02 Å². The number of rotatable bonds is 2. The molecule has 152 valence electrons. The highest BCUT2D eigenvalue weighted by molar-refractivity contribution is 6.30. The SMILES string of the molecule is O=C(N1CC2(C1)CN(c1ccc(F)cn1)C2)N1CC(CF)Oc2cc(Cl)ccc21. The summed E-state index contributed by atoms with van der Waals surface area (Å²) in [5.74, 6) is 0.807. The molecule has 1 atom stereocenters. The number of hydrogen-bond acceptors (Lipinski definition) is 4. The Morgan fingerprint density at radius 1 is 1.24 bits per heavy atom. The van der Waals surface area contributed by atoms with Gasteiger partial charge in [-0.1, -0.05) is 11.6 Å². The minimum atomic E-state index is -0.705. The second-order valence-electron chi connectivity index (χ2n) is 7.95. The second-order valence-corrected chi connectivity index (χ2v) is 8.38. The van der Waals surface area contributed by atoms with Crippen LogP contribution in [0.25, 0.3) is 0 Å². The van der Waals surface area contributed by atoms with Crippen LogP contribution in [0.3, 0.4) is 0 Å². The highest BCUT2D eigenvalue weighted by Gasteiger charge is 2.54. The molecule has 0 aliphatic carbocycles. The predicted octanol–water partition coefficient (Wildman–Crippen LogP) is 3.35. The van der Waals surface area contributed by atoms with Crippen molar-refractivity contribution in [3.63, 3.8) is 0 Å². The number of carbonyl (C=O) groups excluding carboxylic acids is 1. The fourth-order valence-corrected chi connectivity index (χ4v) is 4.50. The van der Waals surface area contributed by atoms with Crippen LogP contribution in [0.15, 0.2) is 36.5 Å². The van der Waals surface area contributed by atoms with E-state index in [4.69, 9.17) is 16.3 Å². The molecule has 0 radical (unpaired) electrons. The molecule has 1 aromatic heterocycles. The van der Waals surface area contributed by atoms with Crippen LogP contribution in [0.5, 0.6) is 5.75 Å². The number of carbonyl (C=O) groups is 1. The number of pyridine rings is 1. The molecule has 2 fully saturated rings. The third-order valence-electron chi connectivity index (χ3n) is 5.71. The van der Waals surface area contributed by atoms with Gasteiger partial charge in [0, 0.05) is 42.7 Å². The van der Waals surface area contributed by atoms with Crippen LogP contribution in [-0.2, 0) is 0 Å². The zero-order valence-electron chi connectivity index (χ0n) is 15.5. The summed E-state index contributed by atoms with van der Waals surface area (Å²) in [7, 11) is 0. The van der Waals surface area contributed by atoms with Gasteiger partial charge in [-0.15, -0.1) is 0 Å². The van der Waals surface area contributed by atoms with Crippen molar-refractivity contribution < 1.29 is 18.3 Å². The number of likely N-dealkylation sites (tertiary alicyclic amines) is 1. The summed E-state index contributed by atoms with van der Waals surface area (Å²) in [5.41, 5.74) is 0.649. The topological polar surface area (TPSA) is 48.9 Å². The van der Waals surface area contributed by atoms with Gasteiger partial charge in [0.15, 0.2) is 0 Å². The van der Waals surface area contributed by atoms with Crippen molar-refractivity contribution in [2.24, 2.45) is 5.41 Å². The molecule has 0 saturated carbocycles. The van der Waals surface area contributed by atoms with Crippen molar-refractivity contribution in [2.45, 2.75) is 6.10 Å². The Labute approximate surface area is 171 Å². The first kappa shape index (κ1) is 18.4. The van der Waals surface area contributed by atoms with E-state index in [-0.39, 0.29) is 23.8 Å². The first-order valence-electron chi connectivity index (χ1n) is 9.41. The van der Waals surface area contributed by atoms with Gasteiger partial charge in [0.25, 0.3) is 0 Å². The van der Waals surface area contributed by atoms with Gasteiger partial charge in [0.1, 0.15) is 30.2 Å². The van der Waals surface area contributed by atoms with Crippen LogP contribution >= 0.6 is 11.6 Å². The summed E-state index contributed by atoms with van der Waals surface area (Å²) < 4.78 is 31.9. The van der Waals surface area contributed by atoms with Gasteiger partial charge in [0.05, 0.1) is 18.4 Å². The quantitative estimate of drug-likeness (QED) is 0.747. The Bertz CT molecular complexity index is 944. The molecule has 2 saturated heterocycles. The summed E-state index contributed by atoms with van der Waals surface area (Å²) >= 11 is 6.01. The highest BCUT2D eigenvalue weighted by atomic mass is 35.5. The molecule has 29 heavy (non-hydrogen) atoms. The van der Waals surface area contributed by atoms with Crippen LogP contribution in [0.1, 0.15) is 0 Å². The zero-order chi connectivity index (χ0) is 20.2. The van der Waals surface area contributed by atoms with Gasteiger partial charge < -0.3 is 14.5 Å². The van der Waals surface area contributed by atoms with Crippen LogP contribution < -0.4 is 14.5 Å². The average Bonchev–Trinajstić information content (AvgIpc) is 2.65. The van der Waals surface area contributed by atoms with Gasteiger partial charge >= 0.3 is 6.03 Å². The van der Waals surface area contributed by atoms with Crippen LogP contribution in [0, 0.1) is 11.2 Å². The minimum absolute atomic E-state index is 0.0420. The Balaban J connectivity index is 1.25. The molecule has 2 aromatic rings. The Morgan fingerprint density at radius 2 is 2.03 bits per heavy atom. The van der Waals surface area contributed by atoms with E-state index in [1.165, 1.54) is 12.3 Å². The molecule has 4 heterocycles. The molecule has 1 unspecified atom stereocenters. The van der Waals surface area contributed by atoms with Crippen molar-refractivity contribution in [2.75, 3.05) is 49.2 Å². The van der Waals surface area contributed by atoms with E-state index >= 15 is 0 Å². The molecule has 1 aromatic carbocycles. The van der Waals surface area contributed by atoms with Gasteiger partial charge in [0.2, 0.25) is 0 Å². The lowest BCUT2D eigenvalue weighted by Gasteiger charge is -2.60. The van der Waals surface area contributed by atoms with Gasteiger partial charge in [-0.3, -0.25) is 4.90 Å².